The van der Waals surface area contributed by atoms with Crippen LogP contribution in [-0.2, 0) is 0 Å². The monoisotopic (exact) mass is 300 g/mol. The largest absolute Gasteiger partial charge is 0.477 e. The van der Waals surface area contributed by atoms with Gasteiger partial charge >= 0.3 is 5.97 Å². The van der Waals surface area contributed by atoms with Crippen LogP contribution in [0.5, 0.6) is 0 Å². The van der Waals surface area contributed by atoms with Crippen molar-refractivity contribution in [2.24, 2.45) is 0 Å². The lowest BCUT2D eigenvalue weighted by Gasteiger charge is -2.28. The second-order valence-corrected chi connectivity index (χ2v) is 5.37. The Morgan fingerprint density at radius 3 is 2.77 bits per heavy atom. The van der Waals surface area contributed by atoms with Crippen molar-refractivity contribution in [1.82, 2.24) is 9.88 Å². The van der Waals surface area contributed by atoms with Crippen LogP contribution in [0.25, 0.3) is 0 Å². The summed E-state index contributed by atoms with van der Waals surface area (Å²) in [6, 6.07) is 6.46. The van der Waals surface area contributed by atoms with Gasteiger partial charge in [0.2, 0.25) is 0 Å². The molecule has 1 fully saturated rings. The van der Waals surface area contributed by atoms with Crippen molar-refractivity contribution in [3.05, 3.63) is 53.7 Å². The van der Waals surface area contributed by atoms with Crippen molar-refractivity contribution in [1.29, 1.82) is 0 Å². The lowest BCUT2D eigenvalue weighted by molar-refractivity contribution is 0.0652. The average Bonchev–Trinajstić information content (AvgIpc) is 3.19. The molecule has 1 aliphatic carbocycles. The lowest BCUT2D eigenvalue weighted by Crippen LogP contribution is -2.35. The molecule has 0 bridgehead atoms. The summed E-state index contributed by atoms with van der Waals surface area (Å²) in [6.45, 7) is 1.91. The predicted octanol–water partition coefficient (Wildman–Crippen LogP) is 2.74. The first-order valence-corrected chi connectivity index (χ1v) is 7.13. The van der Waals surface area contributed by atoms with Gasteiger partial charge in [-0.05, 0) is 44.0 Å². The van der Waals surface area contributed by atoms with E-state index in [0.29, 0.717) is 11.3 Å². The topological polar surface area (TPSA) is 83.6 Å². The van der Waals surface area contributed by atoms with E-state index in [2.05, 4.69) is 4.98 Å². The van der Waals surface area contributed by atoms with Gasteiger partial charge in [0.25, 0.3) is 5.91 Å². The zero-order valence-corrected chi connectivity index (χ0v) is 12.1. The predicted molar refractivity (Wildman–Crippen MR) is 77.5 cm³/mol. The number of rotatable bonds is 5. The second kappa shape index (κ2) is 5.63. The Bertz CT molecular complexity index is 692. The molecule has 2 heterocycles. The summed E-state index contributed by atoms with van der Waals surface area (Å²) >= 11 is 0. The van der Waals surface area contributed by atoms with Crippen LogP contribution >= 0.6 is 0 Å². The minimum atomic E-state index is -1.15. The van der Waals surface area contributed by atoms with Crippen LogP contribution in [0.2, 0.25) is 0 Å². The van der Waals surface area contributed by atoms with E-state index in [1.54, 1.807) is 23.3 Å². The maximum absolute atomic E-state index is 12.8. The maximum Gasteiger partial charge on any atom is 0.354 e. The molecule has 1 amide bonds. The van der Waals surface area contributed by atoms with E-state index in [1.807, 2.05) is 13.0 Å². The lowest BCUT2D eigenvalue weighted by atomic mass is 10.1. The number of aromatic carboxylic acids is 1. The molecule has 0 saturated heterocycles. The van der Waals surface area contributed by atoms with E-state index in [1.165, 1.54) is 12.3 Å². The van der Waals surface area contributed by atoms with Crippen molar-refractivity contribution < 1.29 is 19.1 Å². The Balaban J connectivity index is 1.90. The first kappa shape index (κ1) is 14.3. The molecule has 1 saturated carbocycles. The Morgan fingerprint density at radius 1 is 1.41 bits per heavy atom. The molecule has 2 aromatic rings. The van der Waals surface area contributed by atoms with E-state index < -0.39 is 5.97 Å². The first-order chi connectivity index (χ1) is 10.6. The Hall–Kier alpha value is -2.63. The van der Waals surface area contributed by atoms with Crippen molar-refractivity contribution in [3.8, 4) is 0 Å². The standard InChI is InChI=1S/C16H16N2O4/c1-10(14-3-2-8-22-14)18(12-4-5-12)15(19)11-6-7-17-13(9-11)16(20)21/h2-3,6-10,12H,4-5H2,1H3,(H,20,21). The molecule has 1 atom stereocenters. The molecule has 0 spiro atoms. The van der Waals surface area contributed by atoms with E-state index in [-0.39, 0.29) is 23.7 Å². The molecule has 2 aromatic heterocycles. The van der Waals surface area contributed by atoms with Crippen LogP contribution in [0.1, 0.15) is 52.4 Å². The van der Waals surface area contributed by atoms with Gasteiger partial charge in [-0.2, -0.15) is 0 Å². The van der Waals surface area contributed by atoms with E-state index in [0.717, 1.165) is 12.8 Å². The van der Waals surface area contributed by atoms with Gasteiger partial charge < -0.3 is 14.4 Å². The molecule has 0 radical (unpaired) electrons. The number of carboxylic acid groups (broad SMARTS) is 1. The Labute approximate surface area is 127 Å². The smallest absolute Gasteiger partial charge is 0.354 e. The number of amides is 1. The molecular formula is C16H16N2O4. The number of nitrogens with zero attached hydrogens (tertiary/aromatic N) is 2. The molecule has 6 heteroatoms. The van der Waals surface area contributed by atoms with Crippen LogP contribution in [0, 0.1) is 0 Å². The number of carbonyl (C=O) groups excluding carboxylic acids is 1. The third-order valence-electron chi connectivity index (χ3n) is 3.77. The summed E-state index contributed by atoms with van der Waals surface area (Å²) in [5.41, 5.74) is 0.199. The number of hydrogen-bond donors (Lipinski definition) is 1. The number of carbonyl (C=O) groups is 2. The molecule has 6 nitrogen and oxygen atoms in total. The molecule has 3 rings (SSSR count). The zero-order valence-electron chi connectivity index (χ0n) is 12.1. The van der Waals surface area contributed by atoms with Crippen molar-refractivity contribution in [2.75, 3.05) is 0 Å². The number of carboxylic acids is 1. The van der Waals surface area contributed by atoms with Gasteiger partial charge in [-0.25, -0.2) is 9.78 Å². The average molecular weight is 300 g/mol. The summed E-state index contributed by atoms with van der Waals surface area (Å²) < 4.78 is 5.40. The van der Waals surface area contributed by atoms with Crippen LogP contribution in [0.4, 0.5) is 0 Å². The first-order valence-electron chi connectivity index (χ1n) is 7.13. The molecule has 0 aliphatic heterocycles. The molecule has 0 aromatic carbocycles. The SMILES string of the molecule is CC(c1ccco1)N(C(=O)c1ccnc(C(=O)O)c1)C1CC1. The van der Waals surface area contributed by atoms with Crippen LogP contribution in [0.15, 0.2) is 41.1 Å². The van der Waals surface area contributed by atoms with Crippen LogP contribution < -0.4 is 0 Å². The number of furan rings is 1. The number of pyridine rings is 1. The summed E-state index contributed by atoms with van der Waals surface area (Å²) in [5.74, 6) is -0.629. The molecule has 22 heavy (non-hydrogen) atoms. The van der Waals surface area contributed by atoms with Gasteiger partial charge in [0, 0.05) is 17.8 Å². The summed E-state index contributed by atoms with van der Waals surface area (Å²) in [6.07, 6.45) is 4.83. The van der Waals surface area contributed by atoms with E-state index in [4.69, 9.17) is 9.52 Å². The zero-order chi connectivity index (χ0) is 15.7. The minimum absolute atomic E-state index is 0.132. The van der Waals surface area contributed by atoms with Gasteiger partial charge in [-0.15, -0.1) is 0 Å². The minimum Gasteiger partial charge on any atom is -0.477 e. The van der Waals surface area contributed by atoms with Crippen LogP contribution in [-0.4, -0.2) is 32.9 Å². The van der Waals surface area contributed by atoms with Gasteiger partial charge in [-0.1, -0.05) is 0 Å². The molecular weight excluding hydrogens is 284 g/mol. The van der Waals surface area contributed by atoms with Crippen LogP contribution in [0.3, 0.4) is 0 Å². The highest BCUT2D eigenvalue weighted by Crippen LogP contribution is 2.35. The quantitative estimate of drug-likeness (QED) is 0.918. The van der Waals surface area contributed by atoms with Crippen molar-refractivity contribution >= 4 is 11.9 Å². The third kappa shape index (κ3) is 2.72. The van der Waals surface area contributed by atoms with Gasteiger partial charge in [0.15, 0.2) is 0 Å². The highest BCUT2D eigenvalue weighted by Gasteiger charge is 2.37. The second-order valence-electron chi connectivity index (χ2n) is 5.37. The normalized spacial score (nSPS) is 15.3. The summed E-state index contributed by atoms with van der Waals surface area (Å²) in [7, 11) is 0. The molecule has 1 unspecified atom stereocenters. The highest BCUT2D eigenvalue weighted by atomic mass is 16.4. The Kier molecular flexibility index (Phi) is 3.66. The highest BCUT2D eigenvalue weighted by molar-refractivity contribution is 5.97. The van der Waals surface area contributed by atoms with E-state index in [9.17, 15) is 9.59 Å². The number of hydrogen-bond acceptors (Lipinski definition) is 4. The van der Waals surface area contributed by atoms with Gasteiger partial charge in [-0.3, -0.25) is 4.79 Å². The van der Waals surface area contributed by atoms with Gasteiger partial charge in [0.05, 0.1) is 12.3 Å². The fourth-order valence-electron chi connectivity index (χ4n) is 2.51. The summed E-state index contributed by atoms with van der Waals surface area (Å²) in [4.78, 5) is 29.3. The fourth-order valence-corrected chi connectivity index (χ4v) is 2.51. The van der Waals surface area contributed by atoms with Crippen molar-refractivity contribution in [2.45, 2.75) is 31.8 Å². The Morgan fingerprint density at radius 2 is 2.18 bits per heavy atom. The summed E-state index contributed by atoms with van der Waals surface area (Å²) in [5, 5.41) is 9.01. The third-order valence-corrected chi connectivity index (χ3v) is 3.77. The molecule has 114 valence electrons. The maximum atomic E-state index is 12.8. The van der Waals surface area contributed by atoms with Crippen molar-refractivity contribution in [3.63, 3.8) is 0 Å². The molecule has 1 N–H and O–H groups in total. The fraction of sp³-hybridized carbons (Fsp3) is 0.312. The molecule has 1 aliphatic rings. The number of aromatic nitrogens is 1. The van der Waals surface area contributed by atoms with Gasteiger partial charge in [0.1, 0.15) is 11.5 Å². The van der Waals surface area contributed by atoms with E-state index >= 15 is 0 Å².